The van der Waals surface area contributed by atoms with Crippen molar-refractivity contribution in [3.63, 3.8) is 0 Å². The van der Waals surface area contributed by atoms with Crippen LogP contribution in [0.2, 0.25) is 0 Å². The maximum Gasteiger partial charge on any atom is 0.263 e. The van der Waals surface area contributed by atoms with Gasteiger partial charge in [0.15, 0.2) is 23.7 Å². The molecule has 1 fully saturated rings. The van der Waals surface area contributed by atoms with Gasteiger partial charge in [0.2, 0.25) is 0 Å². The highest BCUT2D eigenvalue weighted by atomic mass is 19.2. The van der Waals surface area contributed by atoms with Crippen molar-refractivity contribution in [1.29, 1.82) is 0 Å². The van der Waals surface area contributed by atoms with Crippen LogP contribution in [0, 0.1) is 25.5 Å². The summed E-state index contributed by atoms with van der Waals surface area (Å²) in [4.78, 5) is 26.3. The lowest BCUT2D eigenvalue weighted by atomic mass is 10.1. The maximum absolute atomic E-state index is 13.5. The molecule has 2 aliphatic heterocycles. The van der Waals surface area contributed by atoms with E-state index in [1.165, 1.54) is 11.1 Å². The first-order valence-electron chi connectivity index (χ1n) is 7.98. The zero-order chi connectivity index (χ0) is 18.6. The Morgan fingerprint density at radius 3 is 2.42 bits per heavy atom. The summed E-state index contributed by atoms with van der Waals surface area (Å²) in [6.07, 6.45) is 0. The smallest absolute Gasteiger partial charge is 0.263 e. The average molecular weight is 356 g/mol. The number of nitrogens with zero attached hydrogens (tertiary/aromatic N) is 4. The van der Waals surface area contributed by atoms with E-state index in [2.05, 4.69) is 10.3 Å². The van der Waals surface area contributed by atoms with Crippen molar-refractivity contribution in [2.24, 2.45) is 10.3 Å². The number of carbonyl (C=O) groups is 2. The van der Waals surface area contributed by atoms with Gasteiger partial charge in [-0.1, -0.05) is 22.9 Å². The normalized spacial score (nSPS) is 21.7. The standard InChI is InChI=1S/C18H14F2N4O2/c1-9-3-6-14(10(2)7-9)24-16-15(21-22-24)17(25)23(18(16)26)11-4-5-12(19)13(20)8-11/h3-8,15-16H,1-2H3/t15-,16+/m1/s1. The molecule has 0 radical (unpaired) electrons. The van der Waals surface area contributed by atoms with Crippen LogP contribution in [0.5, 0.6) is 0 Å². The molecule has 2 aromatic carbocycles. The highest BCUT2D eigenvalue weighted by Crippen LogP contribution is 2.36. The molecule has 0 saturated carbocycles. The topological polar surface area (TPSA) is 65.3 Å². The molecular formula is C18H14F2N4O2. The molecular weight excluding hydrogens is 342 g/mol. The lowest BCUT2D eigenvalue weighted by molar-refractivity contribution is -0.121. The van der Waals surface area contributed by atoms with Crippen LogP contribution in [0.15, 0.2) is 46.7 Å². The third kappa shape index (κ3) is 2.29. The molecule has 8 heteroatoms. The summed E-state index contributed by atoms with van der Waals surface area (Å²) >= 11 is 0. The Morgan fingerprint density at radius 2 is 1.73 bits per heavy atom. The van der Waals surface area contributed by atoms with Gasteiger partial charge in [-0.2, -0.15) is 5.11 Å². The second-order valence-corrected chi connectivity index (χ2v) is 6.34. The SMILES string of the molecule is Cc1ccc(N2N=N[C@H]3C(=O)N(c4ccc(F)c(F)c4)C(=O)[C@H]32)c(C)c1. The fourth-order valence-electron chi connectivity index (χ4n) is 3.30. The monoisotopic (exact) mass is 356 g/mol. The maximum atomic E-state index is 13.5. The van der Waals surface area contributed by atoms with E-state index in [9.17, 15) is 18.4 Å². The van der Waals surface area contributed by atoms with E-state index in [0.717, 1.165) is 28.2 Å². The summed E-state index contributed by atoms with van der Waals surface area (Å²) in [7, 11) is 0. The van der Waals surface area contributed by atoms with Crippen molar-refractivity contribution in [3.05, 3.63) is 59.2 Å². The summed E-state index contributed by atoms with van der Waals surface area (Å²) in [5.74, 6) is -3.37. The molecule has 0 bridgehead atoms. The Hall–Kier alpha value is -3.16. The number of amides is 2. The number of carbonyl (C=O) groups excluding carboxylic acids is 2. The quantitative estimate of drug-likeness (QED) is 0.777. The molecule has 26 heavy (non-hydrogen) atoms. The van der Waals surface area contributed by atoms with Crippen LogP contribution in [-0.2, 0) is 9.59 Å². The Labute approximate surface area is 147 Å². The Morgan fingerprint density at radius 1 is 0.962 bits per heavy atom. The molecule has 2 amide bonds. The molecule has 4 rings (SSSR count). The van der Waals surface area contributed by atoms with E-state index in [-0.39, 0.29) is 5.69 Å². The van der Waals surface area contributed by atoms with Crippen molar-refractivity contribution in [2.75, 3.05) is 9.91 Å². The van der Waals surface area contributed by atoms with Gasteiger partial charge in [0, 0.05) is 6.07 Å². The first-order valence-corrected chi connectivity index (χ1v) is 7.98. The number of imide groups is 1. The van der Waals surface area contributed by atoms with Gasteiger partial charge in [-0.3, -0.25) is 9.59 Å². The Balaban J connectivity index is 1.72. The molecule has 0 unspecified atom stereocenters. The number of halogens is 2. The number of aryl methyl sites for hydroxylation is 2. The van der Waals surface area contributed by atoms with Crippen molar-refractivity contribution in [3.8, 4) is 0 Å². The molecule has 0 aliphatic carbocycles. The molecule has 0 aromatic heterocycles. The van der Waals surface area contributed by atoms with Gasteiger partial charge in [0.1, 0.15) is 0 Å². The second-order valence-electron chi connectivity index (χ2n) is 6.34. The van der Waals surface area contributed by atoms with Crippen LogP contribution >= 0.6 is 0 Å². The lowest BCUT2D eigenvalue weighted by Crippen LogP contribution is -2.40. The largest absolute Gasteiger partial charge is 0.271 e. The third-order valence-electron chi connectivity index (χ3n) is 4.54. The van der Waals surface area contributed by atoms with Gasteiger partial charge < -0.3 is 0 Å². The molecule has 2 aromatic rings. The summed E-state index contributed by atoms with van der Waals surface area (Å²) in [6, 6.07) is 6.57. The second kappa shape index (κ2) is 5.69. The zero-order valence-electron chi connectivity index (χ0n) is 14.0. The summed E-state index contributed by atoms with van der Waals surface area (Å²) in [5, 5.41) is 9.35. The summed E-state index contributed by atoms with van der Waals surface area (Å²) in [6.45, 7) is 3.82. The first kappa shape index (κ1) is 16.3. The van der Waals surface area contributed by atoms with Crippen LogP contribution in [0.4, 0.5) is 20.2 Å². The van der Waals surface area contributed by atoms with Gasteiger partial charge >= 0.3 is 0 Å². The molecule has 132 valence electrons. The molecule has 6 nitrogen and oxygen atoms in total. The van der Waals surface area contributed by atoms with Crippen LogP contribution in [-0.4, -0.2) is 23.9 Å². The number of hydrogen-bond donors (Lipinski definition) is 0. The minimum Gasteiger partial charge on any atom is -0.271 e. The minimum atomic E-state index is -1.13. The van der Waals surface area contributed by atoms with Crippen LogP contribution in [0.3, 0.4) is 0 Å². The number of fused-ring (bicyclic) bond motifs is 1. The third-order valence-corrected chi connectivity index (χ3v) is 4.54. The number of benzene rings is 2. The van der Waals surface area contributed by atoms with Gasteiger partial charge in [-0.25, -0.2) is 18.7 Å². The van der Waals surface area contributed by atoms with E-state index >= 15 is 0 Å². The van der Waals surface area contributed by atoms with Gasteiger partial charge in [0.25, 0.3) is 11.8 Å². The van der Waals surface area contributed by atoms with Gasteiger partial charge in [-0.15, -0.1) is 0 Å². The number of anilines is 2. The van der Waals surface area contributed by atoms with Crippen LogP contribution in [0.25, 0.3) is 0 Å². The van der Waals surface area contributed by atoms with Crippen molar-refractivity contribution >= 4 is 23.2 Å². The van der Waals surface area contributed by atoms with Gasteiger partial charge in [-0.05, 0) is 37.6 Å². The fraction of sp³-hybridized carbons (Fsp3) is 0.222. The predicted molar refractivity (Wildman–Crippen MR) is 89.7 cm³/mol. The van der Waals surface area contributed by atoms with Gasteiger partial charge in [0.05, 0.1) is 11.4 Å². The van der Waals surface area contributed by atoms with E-state index in [1.807, 2.05) is 32.0 Å². The number of rotatable bonds is 2. The highest BCUT2D eigenvalue weighted by molar-refractivity contribution is 6.26. The molecule has 0 N–H and O–H groups in total. The number of hydrogen-bond acceptors (Lipinski definition) is 5. The van der Waals surface area contributed by atoms with Crippen molar-refractivity contribution in [2.45, 2.75) is 25.9 Å². The lowest BCUT2D eigenvalue weighted by Gasteiger charge is -2.22. The molecule has 2 heterocycles. The van der Waals surface area contributed by atoms with E-state index < -0.39 is 35.5 Å². The summed E-state index contributed by atoms with van der Waals surface area (Å²) < 4.78 is 26.7. The average Bonchev–Trinajstić information content (AvgIpc) is 3.12. The van der Waals surface area contributed by atoms with Crippen molar-refractivity contribution < 1.29 is 18.4 Å². The minimum absolute atomic E-state index is 0.0240. The van der Waals surface area contributed by atoms with E-state index in [1.54, 1.807) is 0 Å². The van der Waals surface area contributed by atoms with Crippen molar-refractivity contribution in [1.82, 2.24) is 0 Å². The van der Waals surface area contributed by atoms with Crippen LogP contribution < -0.4 is 9.91 Å². The predicted octanol–water partition coefficient (Wildman–Crippen LogP) is 3.08. The van der Waals surface area contributed by atoms with E-state index in [0.29, 0.717) is 5.69 Å². The summed E-state index contributed by atoms with van der Waals surface area (Å²) in [5.41, 5.74) is 2.58. The highest BCUT2D eigenvalue weighted by Gasteiger charge is 2.55. The zero-order valence-corrected chi connectivity index (χ0v) is 14.0. The molecule has 1 saturated heterocycles. The molecule has 2 aliphatic rings. The molecule has 0 spiro atoms. The van der Waals surface area contributed by atoms with Crippen LogP contribution in [0.1, 0.15) is 11.1 Å². The van der Waals surface area contributed by atoms with E-state index in [4.69, 9.17) is 0 Å². The molecule has 2 atom stereocenters. The fourth-order valence-corrected chi connectivity index (χ4v) is 3.30. The Bertz CT molecular complexity index is 976. The first-order chi connectivity index (χ1) is 12.4. The Kier molecular flexibility index (Phi) is 3.57.